The summed E-state index contributed by atoms with van der Waals surface area (Å²) in [6, 6.07) is 10.2. The van der Waals surface area contributed by atoms with Crippen molar-refractivity contribution in [1.82, 2.24) is 14.9 Å². The number of likely N-dealkylation sites (tertiary alicyclic amines) is 1. The Balaban J connectivity index is 1.36. The van der Waals surface area contributed by atoms with E-state index in [0.29, 0.717) is 22.6 Å². The van der Waals surface area contributed by atoms with Gasteiger partial charge in [-0.1, -0.05) is 24.3 Å². The molecular weight excluding hydrogens is 411 g/mol. The lowest BCUT2D eigenvalue weighted by Gasteiger charge is -2.32. The maximum atomic E-state index is 12.7. The summed E-state index contributed by atoms with van der Waals surface area (Å²) in [4.78, 5) is 11.7. The van der Waals surface area contributed by atoms with E-state index in [4.69, 9.17) is 5.73 Å². The minimum absolute atomic E-state index is 0.241. The highest BCUT2D eigenvalue weighted by molar-refractivity contribution is 7.18. The molecule has 5 nitrogen and oxygen atoms in total. The van der Waals surface area contributed by atoms with Crippen LogP contribution in [0.15, 0.2) is 36.7 Å². The Labute approximate surface area is 177 Å². The van der Waals surface area contributed by atoms with Crippen LogP contribution in [-0.2, 0) is 19.5 Å². The van der Waals surface area contributed by atoms with Gasteiger partial charge in [-0.2, -0.15) is 13.2 Å². The molecule has 0 atom stereocenters. The van der Waals surface area contributed by atoms with Crippen molar-refractivity contribution in [3.63, 3.8) is 0 Å². The zero-order valence-corrected chi connectivity index (χ0v) is 17.3. The van der Waals surface area contributed by atoms with Gasteiger partial charge in [0.2, 0.25) is 0 Å². The molecule has 3 aromatic rings. The van der Waals surface area contributed by atoms with E-state index in [1.165, 1.54) is 11.9 Å². The van der Waals surface area contributed by atoms with E-state index in [0.717, 1.165) is 49.4 Å². The van der Waals surface area contributed by atoms with Crippen LogP contribution >= 0.6 is 11.3 Å². The lowest BCUT2D eigenvalue weighted by molar-refractivity contribution is -0.126. The smallest absolute Gasteiger partial charge is 0.367 e. The average molecular weight is 436 g/mol. The molecule has 0 saturated carbocycles. The topological polar surface area (TPSA) is 67.1 Å². The molecule has 3 N–H and O–H groups in total. The summed E-state index contributed by atoms with van der Waals surface area (Å²) >= 11 is 1.08. The lowest BCUT2D eigenvalue weighted by atomic mass is 10.0. The van der Waals surface area contributed by atoms with Crippen LogP contribution in [0.4, 0.5) is 19.0 Å². The first-order valence-electron chi connectivity index (χ1n) is 9.96. The third-order valence-electron chi connectivity index (χ3n) is 5.35. The van der Waals surface area contributed by atoms with Crippen molar-refractivity contribution in [3.05, 3.63) is 52.7 Å². The molecule has 0 amide bonds. The van der Waals surface area contributed by atoms with E-state index in [9.17, 15) is 13.2 Å². The molecular formula is C21H24F3N5S. The standard InChI is InChI=1S/C21H24F3N5S/c22-21(23,24)10-17-9-18-19(26-13-27-20(18)30-17)28-16-5-7-29(8-6-16)12-15-3-1-14(11-25)2-4-15/h1-4,9,13,16H,5-8,10-12,25H2,(H,26,27,28). The maximum Gasteiger partial charge on any atom is 0.393 e. The van der Waals surface area contributed by atoms with Crippen LogP contribution in [0.25, 0.3) is 10.2 Å². The molecule has 1 aliphatic rings. The Kier molecular flexibility index (Phi) is 6.21. The van der Waals surface area contributed by atoms with Crippen molar-refractivity contribution in [2.24, 2.45) is 5.73 Å². The number of thiophene rings is 1. The molecule has 2 aromatic heterocycles. The summed E-state index contributed by atoms with van der Waals surface area (Å²) < 4.78 is 38.2. The van der Waals surface area contributed by atoms with E-state index >= 15 is 0 Å². The molecule has 0 spiro atoms. The summed E-state index contributed by atoms with van der Waals surface area (Å²) in [5, 5.41) is 4.10. The molecule has 0 bridgehead atoms. The average Bonchev–Trinajstić information content (AvgIpc) is 3.12. The van der Waals surface area contributed by atoms with Crippen molar-refractivity contribution >= 4 is 27.4 Å². The summed E-state index contributed by atoms with van der Waals surface area (Å²) in [5.74, 6) is 0.625. The number of benzene rings is 1. The lowest BCUT2D eigenvalue weighted by Crippen LogP contribution is -2.38. The van der Waals surface area contributed by atoms with E-state index in [1.807, 2.05) is 0 Å². The molecule has 0 unspecified atom stereocenters. The fraction of sp³-hybridized carbons (Fsp3) is 0.429. The van der Waals surface area contributed by atoms with Crippen LogP contribution in [0.2, 0.25) is 0 Å². The number of hydrogen-bond donors (Lipinski definition) is 2. The largest absolute Gasteiger partial charge is 0.393 e. The van der Waals surface area contributed by atoms with Crippen molar-refractivity contribution in [3.8, 4) is 0 Å². The highest BCUT2D eigenvalue weighted by Gasteiger charge is 2.29. The van der Waals surface area contributed by atoms with Crippen LogP contribution in [0, 0.1) is 0 Å². The SMILES string of the molecule is NCc1ccc(CN2CCC(Nc3ncnc4sc(CC(F)(F)F)cc34)CC2)cc1. The molecule has 0 aliphatic carbocycles. The zero-order chi connectivity index (χ0) is 21.1. The van der Waals surface area contributed by atoms with Gasteiger partial charge >= 0.3 is 6.18 Å². The molecule has 0 radical (unpaired) electrons. The second kappa shape index (κ2) is 8.87. The van der Waals surface area contributed by atoms with Gasteiger partial charge in [0.15, 0.2) is 0 Å². The van der Waals surface area contributed by atoms with Gasteiger partial charge in [-0.25, -0.2) is 9.97 Å². The first kappa shape index (κ1) is 21.0. The first-order valence-corrected chi connectivity index (χ1v) is 10.8. The summed E-state index contributed by atoms with van der Waals surface area (Å²) in [6.07, 6.45) is -1.84. The molecule has 4 rings (SSSR count). The number of anilines is 1. The number of nitrogens with two attached hydrogens (primary N) is 1. The first-order chi connectivity index (χ1) is 14.4. The number of hydrogen-bond acceptors (Lipinski definition) is 6. The van der Waals surface area contributed by atoms with Gasteiger partial charge in [-0.3, -0.25) is 4.90 Å². The van der Waals surface area contributed by atoms with Gasteiger partial charge in [-0.15, -0.1) is 11.3 Å². The number of nitrogens with one attached hydrogen (secondary N) is 1. The second-order valence-electron chi connectivity index (χ2n) is 7.66. The Morgan fingerprint density at radius 2 is 1.80 bits per heavy atom. The van der Waals surface area contributed by atoms with Crippen molar-refractivity contribution < 1.29 is 13.2 Å². The summed E-state index contributed by atoms with van der Waals surface area (Å²) in [5.41, 5.74) is 8.05. The maximum absolute atomic E-state index is 12.7. The molecule has 1 aliphatic heterocycles. The predicted molar refractivity (Wildman–Crippen MR) is 113 cm³/mol. The van der Waals surface area contributed by atoms with E-state index in [1.54, 1.807) is 6.07 Å². The summed E-state index contributed by atoms with van der Waals surface area (Å²) in [7, 11) is 0. The van der Waals surface area contributed by atoms with Gasteiger partial charge in [0.25, 0.3) is 0 Å². The normalized spacial score (nSPS) is 16.3. The van der Waals surface area contributed by atoms with Gasteiger partial charge in [0, 0.05) is 37.1 Å². The number of fused-ring (bicyclic) bond motifs is 1. The third kappa shape index (κ3) is 5.27. The van der Waals surface area contributed by atoms with Gasteiger partial charge < -0.3 is 11.1 Å². The number of alkyl halides is 3. The van der Waals surface area contributed by atoms with Crippen LogP contribution in [0.1, 0.15) is 28.8 Å². The van der Waals surface area contributed by atoms with Crippen LogP contribution < -0.4 is 11.1 Å². The molecule has 1 saturated heterocycles. The minimum atomic E-state index is -4.22. The Bertz CT molecular complexity index is 978. The number of aromatic nitrogens is 2. The Morgan fingerprint density at radius 3 is 2.47 bits per heavy atom. The number of halogens is 3. The number of rotatable bonds is 6. The van der Waals surface area contributed by atoms with Gasteiger partial charge in [-0.05, 0) is 30.0 Å². The van der Waals surface area contributed by atoms with Gasteiger partial charge in [0.1, 0.15) is 17.0 Å². The molecule has 160 valence electrons. The van der Waals surface area contributed by atoms with E-state index < -0.39 is 12.6 Å². The molecule has 30 heavy (non-hydrogen) atoms. The Morgan fingerprint density at radius 1 is 1.10 bits per heavy atom. The predicted octanol–water partition coefficient (Wildman–Crippen LogP) is 4.33. The number of nitrogens with zero attached hydrogens (tertiary/aromatic N) is 3. The quantitative estimate of drug-likeness (QED) is 0.603. The van der Waals surface area contributed by atoms with Crippen molar-refractivity contribution in [2.45, 2.75) is 44.6 Å². The highest BCUT2D eigenvalue weighted by Crippen LogP contribution is 2.33. The van der Waals surface area contributed by atoms with Crippen LogP contribution in [-0.4, -0.2) is 40.2 Å². The third-order valence-corrected chi connectivity index (χ3v) is 6.39. The zero-order valence-electron chi connectivity index (χ0n) is 16.5. The molecule has 1 aromatic carbocycles. The molecule has 3 heterocycles. The fourth-order valence-electron chi connectivity index (χ4n) is 3.77. The van der Waals surface area contributed by atoms with Crippen LogP contribution in [0.3, 0.4) is 0 Å². The van der Waals surface area contributed by atoms with Crippen molar-refractivity contribution in [1.29, 1.82) is 0 Å². The number of piperidine rings is 1. The fourth-order valence-corrected chi connectivity index (χ4v) is 4.80. The molecule has 1 fully saturated rings. The second-order valence-corrected chi connectivity index (χ2v) is 8.78. The van der Waals surface area contributed by atoms with Gasteiger partial charge in [0.05, 0.1) is 11.8 Å². The summed E-state index contributed by atoms with van der Waals surface area (Å²) in [6.45, 7) is 3.36. The van der Waals surface area contributed by atoms with Crippen LogP contribution in [0.5, 0.6) is 0 Å². The van der Waals surface area contributed by atoms with E-state index in [2.05, 4.69) is 44.5 Å². The van der Waals surface area contributed by atoms with E-state index in [-0.39, 0.29) is 10.9 Å². The highest BCUT2D eigenvalue weighted by atomic mass is 32.1. The van der Waals surface area contributed by atoms with Crippen molar-refractivity contribution in [2.75, 3.05) is 18.4 Å². The Hall–Kier alpha value is -2.23. The minimum Gasteiger partial charge on any atom is -0.367 e. The monoisotopic (exact) mass is 435 g/mol. The molecule has 9 heteroatoms.